The highest BCUT2D eigenvalue weighted by Gasteiger charge is 2.39. The van der Waals surface area contributed by atoms with E-state index < -0.39 is 46.1 Å². The number of nitrogens with two attached hydrogens (primary N) is 2. The number of rotatable bonds is 12. The maximum Gasteiger partial charge on any atom is 0.339 e. The maximum atomic E-state index is 14.4. The van der Waals surface area contributed by atoms with Gasteiger partial charge in [0.1, 0.15) is 24.7 Å². The summed E-state index contributed by atoms with van der Waals surface area (Å²) < 4.78 is 11.2. The standard InChI is InChI=1S/C46H34N2O8S2/c1-3-25-13-17-27(18-14-25)23-55-45(53)29-9-5-7-11-33(29)57-35-21-31(49)37-39(41(35)47)44(52)40-38(43(37)51)32(50)22-36(42(40)48)58-34-12-8-6-10-30(34)46(54)56-24-28-19-15-26(4-2)16-20-28/h3-22,49-50H,1-2,23-24,47-48H2. The van der Waals surface area contributed by atoms with Gasteiger partial charge >= 0.3 is 11.9 Å². The van der Waals surface area contributed by atoms with E-state index in [0.29, 0.717) is 9.79 Å². The van der Waals surface area contributed by atoms with Crippen molar-refractivity contribution in [3.63, 3.8) is 0 Å². The van der Waals surface area contributed by atoms with Crippen molar-refractivity contribution in [1.29, 1.82) is 0 Å². The summed E-state index contributed by atoms with van der Waals surface area (Å²) in [6.45, 7) is 7.51. The van der Waals surface area contributed by atoms with Gasteiger partial charge in [-0.3, -0.25) is 9.59 Å². The highest BCUT2D eigenvalue weighted by atomic mass is 32.2. The van der Waals surface area contributed by atoms with E-state index in [1.54, 1.807) is 60.7 Å². The lowest BCUT2D eigenvalue weighted by molar-refractivity contribution is 0.0460. The van der Waals surface area contributed by atoms with Crippen LogP contribution in [-0.4, -0.2) is 33.7 Å². The van der Waals surface area contributed by atoms with Crippen LogP contribution in [-0.2, 0) is 22.7 Å². The third-order valence-corrected chi connectivity index (χ3v) is 11.6. The number of esters is 2. The number of aromatic hydroxyl groups is 2. The van der Waals surface area contributed by atoms with E-state index in [-0.39, 0.29) is 56.6 Å². The normalized spacial score (nSPS) is 11.7. The highest BCUT2D eigenvalue weighted by Crippen LogP contribution is 2.49. The van der Waals surface area contributed by atoms with Crippen LogP contribution in [0.15, 0.2) is 142 Å². The average Bonchev–Trinajstić information content (AvgIpc) is 3.24. The molecule has 0 amide bonds. The fraction of sp³-hybridized carbons (Fsp3) is 0.0435. The number of carbonyl (C=O) groups is 4. The van der Waals surface area contributed by atoms with Crippen LogP contribution in [0.2, 0.25) is 0 Å². The van der Waals surface area contributed by atoms with E-state index >= 15 is 0 Å². The number of fused-ring (bicyclic) bond motifs is 2. The Balaban J connectivity index is 1.16. The van der Waals surface area contributed by atoms with Crippen LogP contribution in [0.4, 0.5) is 11.4 Å². The SMILES string of the molecule is C=Cc1ccc(COC(=O)c2ccccc2Sc2cc(O)c3c(c2N)C(=O)c2c(N)c(Sc4ccccc4C(=O)OCc4ccc(C=C)cc4)cc(O)c2C3=O)cc1. The molecular formula is C46H34N2O8S2. The van der Waals surface area contributed by atoms with Crippen LogP contribution < -0.4 is 11.5 Å². The van der Waals surface area contributed by atoms with E-state index in [0.717, 1.165) is 45.8 Å². The summed E-state index contributed by atoms with van der Waals surface area (Å²) in [6, 6.07) is 30.4. The fourth-order valence-corrected chi connectivity index (χ4v) is 8.36. The summed E-state index contributed by atoms with van der Waals surface area (Å²) >= 11 is 1.99. The van der Waals surface area contributed by atoms with Gasteiger partial charge < -0.3 is 31.2 Å². The number of ether oxygens (including phenoxy) is 2. The van der Waals surface area contributed by atoms with Gasteiger partial charge in [0, 0.05) is 19.6 Å². The molecule has 12 heteroatoms. The van der Waals surface area contributed by atoms with Gasteiger partial charge in [-0.05, 0) is 58.7 Å². The second-order valence-electron chi connectivity index (χ2n) is 13.0. The predicted molar refractivity (Wildman–Crippen MR) is 224 cm³/mol. The Labute approximate surface area is 341 Å². The monoisotopic (exact) mass is 806 g/mol. The van der Waals surface area contributed by atoms with Gasteiger partial charge in [-0.25, -0.2) is 9.59 Å². The van der Waals surface area contributed by atoms with Gasteiger partial charge in [-0.1, -0.05) is 122 Å². The molecule has 0 unspecified atom stereocenters. The molecule has 0 bridgehead atoms. The topological polar surface area (TPSA) is 179 Å². The Kier molecular flexibility index (Phi) is 11.2. The largest absolute Gasteiger partial charge is 0.507 e. The van der Waals surface area contributed by atoms with Crippen molar-refractivity contribution in [1.82, 2.24) is 0 Å². The molecule has 0 fully saturated rings. The van der Waals surface area contributed by atoms with Crippen molar-refractivity contribution in [2.45, 2.75) is 32.8 Å². The van der Waals surface area contributed by atoms with Gasteiger partial charge in [-0.15, -0.1) is 0 Å². The Hall–Kier alpha value is -7.02. The van der Waals surface area contributed by atoms with E-state index in [1.807, 2.05) is 48.5 Å². The number of carbonyl (C=O) groups excluding carboxylic acids is 4. The van der Waals surface area contributed by atoms with Crippen LogP contribution in [0.1, 0.15) is 74.8 Å². The molecule has 7 rings (SSSR count). The minimum absolute atomic E-state index is 0.0167. The van der Waals surface area contributed by atoms with Crippen LogP contribution in [0.5, 0.6) is 11.5 Å². The molecule has 0 heterocycles. The third-order valence-electron chi connectivity index (χ3n) is 9.35. The first-order valence-corrected chi connectivity index (χ1v) is 19.3. The molecule has 6 aromatic carbocycles. The molecule has 0 aliphatic heterocycles. The molecule has 6 aromatic rings. The molecule has 0 aromatic heterocycles. The van der Waals surface area contributed by atoms with Crippen LogP contribution in [0.25, 0.3) is 12.2 Å². The van der Waals surface area contributed by atoms with E-state index in [2.05, 4.69) is 13.2 Å². The first-order valence-electron chi connectivity index (χ1n) is 17.7. The molecule has 288 valence electrons. The Morgan fingerprint density at radius 3 is 1.29 bits per heavy atom. The lowest BCUT2D eigenvalue weighted by atomic mass is 9.81. The number of ketones is 2. The molecule has 0 saturated carbocycles. The van der Waals surface area contributed by atoms with Gasteiger partial charge in [-0.2, -0.15) is 0 Å². The molecule has 1 aliphatic carbocycles. The fourth-order valence-electron chi connectivity index (χ4n) is 6.31. The number of hydrogen-bond donors (Lipinski definition) is 4. The molecule has 0 saturated heterocycles. The molecule has 1 aliphatic rings. The lowest BCUT2D eigenvalue weighted by Gasteiger charge is -2.24. The van der Waals surface area contributed by atoms with E-state index in [1.165, 1.54) is 12.1 Å². The number of phenols is 2. The van der Waals surface area contributed by atoms with Gasteiger partial charge in [0.15, 0.2) is 5.78 Å². The van der Waals surface area contributed by atoms with Gasteiger partial charge in [0.25, 0.3) is 0 Å². The number of anilines is 2. The number of hydrogen-bond acceptors (Lipinski definition) is 12. The van der Waals surface area contributed by atoms with Crippen molar-refractivity contribution in [3.05, 3.63) is 178 Å². The third kappa shape index (κ3) is 7.70. The Morgan fingerprint density at radius 2 is 0.914 bits per heavy atom. The molecule has 0 spiro atoms. The minimum Gasteiger partial charge on any atom is -0.507 e. The molecule has 0 radical (unpaired) electrons. The number of nitrogen functional groups attached to an aromatic ring is 2. The minimum atomic E-state index is -0.860. The Bertz CT molecular complexity index is 2490. The number of benzene rings is 6. The average molecular weight is 807 g/mol. The van der Waals surface area contributed by atoms with Crippen molar-refractivity contribution in [2.24, 2.45) is 0 Å². The van der Waals surface area contributed by atoms with Crippen molar-refractivity contribution in [3.8, 4) is 11.5 Å². The van der Waals surface area contributed by atoms with E-state index in [4.69, 9.17) is 20.9 Å². The maximum absolute atomic E-state index is 14.4. The first-order chi connectivity index (χ1) is 28.0. The van der Waals surface area contributed by atoms with Gasteiger partial charge in [0.2, 0.25) is 5.78 Å². The number of phenolic OH excluding ortho intramolecular Hbond substituents is 2. The second-order valence-corrected chi connectivity index (χ2v) is 15.2. The zero-order valence-electron chi connectivity index (χ0n) is 30.7. The molecule has 58 heavy (non-hydrogen) atoms. The lowest BCUT2D eigenvalue weighted by Crippen LogP contribution is -2.24. The summed E-state index contributed by atoms with van der Waals surface area (Å²) in [7, 11) is 0. The summed E-state index contributed by atoms with van der Waals surface area (Å²) in [6.07, 6.45) is 3.42. The molecule has 0 atom stereocenters. The molecule has 6 N–H and O–H groups in total. The highest BCUT2D eigenvalue weighted by molar-refractivity contribution is 7.99. The van der Waals surface area contributed by atoms with Crippen molar-refractivity contribution >= 4 is 70.6 Å². The summed E-state index contributed by atoms with van der Waals surface area (Å²) in [5, 5.41) is 22.4. The summed E-state index contributed by atoms with van der Waals surface area (Å²) in [4.78, 5) is 56.0. The van der Waals surface area contributed by atoms with Crippen molar-refractivity contribution in [2.75, 3.05) is 11.5 Å². The van der Waals surface area contributed by atoms with Crippen LogP contribution >= 0.6 is 23.5 Å². The molecule has 10 nitrogen and oxygen atoms in total. The first kappa shape index (κ1) is 39.2. The van der Waals surface area contributed by atoms with E-state index in [9.17, 15) is 29.4 Å². The Morgan fingerprint density at radius 1 is 0.552 bits per heavy atom. The quantitative estimate of drug-likeness (QED) is 0.0523. The summed E-state index contributed by atoms with van der Waals surface area (Å²) in [5.41, 5.74) is 15.4. The predicted octanol–water partition coefficient (Wildman–Crippen LogP) is 9.34. The van der Waals surface area contributed by atoms with Crippen molar-refractivity contribution < 1.29 is 38.9 Å². The zero-order valence-corrected chi connectivity index (χ0v) is 32.3. The smallest absolute Gasteiger partial charge is 0.339 e. The zero-order chi connectivity index (χ0) is 41.1. The van der Waals surface area contributed by atoms with Crippen LogP contribution in [0.3, 0.4) is 0 Å². The van der Waals surface area contributed by atoms with Crippen LogP contribution in [0, 0.1) is 0 Å². The molecular weight excluding hydrogens is 773 g/mol. The summed E-state index contributed by atoms with van der Waals surface area (Å²) in [5.74, 6) is -4.00. The van der Waals surface area contributed by atoms with Gasteiger partial charge in [0.05, 0.1) is 44.8 Å². The second kappa shape index (κ2) is 16.6.